The first-order valence-electron chi connectivity index (χ1n) is 14.4. The molecule has 0 amide bonds. The lowest BCUT2D eigenvalue weighted by Gasteiger charge is -2.18. The number of hydrogen-bond donors (Lipinski definition) is 2. The number of nitrogens with zero attached hydrogens (tertiary/aromatic N) is 2. The Hall–Kier alpha value is -5.19. The zero-order chi connectivity index (χ0) is 33.0. The summed E-state index contributed by atoms with van der Waals surface area (Å²) < 4.78 is 2.68. The van der Waals surface area contributed by atoms with Crippen molar-refractivity contribution in [1.29, 1.82) is 0 Å². The summed E-state index contributed by atoms with van der Waals surface area (Å²) in [5.74, 6) is -3.78. The van der Waals surface area contributed by atoms with E-state index in [1.54, 1.807) is 36.4 Å². The molecule has 0 unspecified atom stereocenters. The molecule has 4 aromatic carbocycles. The first kappa shape index (κ1) is 29.2. The Bertz CT molecular complexity index is 2380. The molecule has 0 bridgehead atoms. The van der Waals surface area contributed by atoms with Crippen molar-refractivity contribution >= 4 is 74.0 Å². The van der Waals surface area contributed by atoms with Gasteiger partial charge in [0.25, 0.3) is 5.91 Å². The maximum Gasteiger partial charge on any atom is 0.251 e. The molecule has 0 saturated heterocycles. The number of aliphatic hydroxyl groups is 2. The lowest BCUT2D eigenvalue weighted by molar-refractivity contribution is 0.0319. The van der Waals surface area contributed by atoms with Crippen LogP contribution in [0.2, 0.25) is 10.0 Å². The Kier molecular flexibility index (Phi) is 6.16. The average Bonchev–Trinajstić information content (AvgIpc) is 3.74. The number of halogens is 2. The van der Waals surface area contributed by atoms with Gasteiger partial charge < -0.3 is 14.8 Å². The smallest absolute Gasteiger partial charge is 0.251 e. The van der Waals surface area contributed by atoms with Gasteiger partial charge in [0.05, 0.1) is 5.52 Å². The van der Waals surface area contributed by atoms with Crippen LogP contribution < -0.4 is 0 Å². The molecule has 0 aliphatic heterocycles. The van der Waals surface area contributed by atoms with Crippen LogP contribution >= 0.6 is 23.2 Å². The second-order valence-corrected chi connectivity index (χ2v) is 12.5. The van der Waals surface area contributed by atoms with E-state index in [-0.39, 0.29) is 60.9 Å². The Balaban J connectivity index is 1.25. The third kappa shape index (κ3) is 3.82. The highest BCUT2D eigenvalue weighted by atomic mass is 35.5. The van der Waals surface area contributed by atoms with Gasteiger partial charge in [0, 0.05) is 72.1 Å². The lowest BCUT2D eigenvalue weighted by Crippen LogP contribution is -2.38. The Morgan fingerprint density at radius 1 is 0.596 bits per heavy atom. The minimum Gasteiger partial charge on any atom is -0.370 e. The summed E-state index contributed by atoms with van der Waals surface area (Å²) in [6, 6.07) is 21.4. The van der Waals surface area contributed by atoms with Crippen LogP contribution in [0.1, 0.15) is 57.4 Å². The summed E-state index contributed by atoms with van der Waals surface area (Å²) in [4.78, 5) is 68.1. The normalized spacial score (nSPS) is 16.3. The Morgan fingerprint density at radius 3 is 1.47 bits per heavy atom. The van der Waals surface area contributed by atoms with Gasteiger partial charge in [-0.3, -0.25) is 28.5 Å². The van der Waals surface area contributed by atoms with Gasteiger partial charge in [0.2, 0.25) is 34.3 Å². The van der Waals surface area contributed by atoms with Crippen LogP contribution in [0.4, 0.5) is 0 Å². The molecule has 9 nitrogen and oxygen atoms in total. The second kappa shape index (κ2) is 9.90. The van der Waals surface area contributed by atoms with Crippen molar-refractivity contribution in [2.45, 2.75) is 17.7 Å². The number of carbonyl (C=O) groups excluding carboxylic acids is 5. The van der Waals surface area contributed by atoms with Crippen LogP contribution in [0.15, 0.2) is 97.3 Å². The molecule has 2 N–H and O–H groups in total. The van der Waals surface area contributed by atoms with E-state index < -0.39 is 40.2 Å². The van der Waals surface area contributed by atoms with E-state index in [2.05, 4.69) is 0 Å². The van der Waals surface area contributed by atoms with E-state index in [9.17, 15) is 34.2 Å². The zero-order valence-electron chi connectivity index (χ0n) is 24.0. The molecule has 0 atom stereocenters. The quantitative estimate of drug-likeness (QED) is 0.229. The highest BCUT2D eigenvalue weighted by Gasteiger charge is 2.55. The first-order valence-corrected chi connectivity index (χ1v) is 15.2. The number of aromatic nitrogens is 2. The molecule has 2 aliphatic carbocycles. The number of ketones is 4. The van der Waals surface area contributed by atoms with Crippen molar-refractivity contribution in [3.8, 4) is 0 Å². The number of hydrogen-bond acceptors (Lipinski definition) is 7. The van der Waals surface area contributed by atoms with Crippen molar-refractivity contribution in [3.05, 3.63) is 141 Å². The number of fused-ring (bicyclic) bond motifs is 4. The van der Waals surface area contributed by atoms with E-state index in [0.717, 1.165) is 0 Å². The van der Waals surface area contributed by atoms with Gasteiger partial charge in [-0.2, -0.15) is 0 Å². The SMILES string of the molecule is O=C(Cn1cc(C2(O)C(=O)c3ccccc3C2=O)c2cc(Cl)ccc21)n1cc(C2(O)C(=O)c3ccccc3C2=O)c2cc(Cl)ccc21. The largest absolute Gasteiger partial charge is 0.370 e. The summed E-state index contributed by atoms with van der Waals surface area (Å²) in [5, 5.41) is 24.6. The fourth-order valence-corrected chi connectivity index (χ4v) is 7.18. The molecule has 2 heterocycles. The average molecular weight is 663 g/mol. The minimum absolute atomic E-state index is 0.0342. The van der Waals surface area contributed by atoms with Gasteiger partial charge in [0.15, 0.2) is 0 Å². The van der Waals surface area contributed by atoms with Gasteiger partial charge >= 0.3 is 0 Å². The highest BCUT2D eigenvalue weighted by Crippen LogP contribution is 2.43. The number of benzene rings is 4. The van der Waals surface area contributed by atoms with E-state index >= 15 is 0 Å². The van der Waals surface area contributed by atoms with E-state index in [0.29, 0.717) is 10.9 Å². The maximum absolute atomic E-state index is 14.1. The Morgan fingerprint density at radius 2 is 1.00 bits per heavy atom. The molecular formula is C36H20Cl2N2O7. The van der Waals surface area contributed by atoms with Crippen LogP contribution in [0.25, 0.3) is 21.8 Å². The molecule has 6 aromatic rings. The van der Waals surface area contributed by atoms with Crippen LogP contribution in [0.3, 0.4) is 0 Å². The maximum atomic E-state index is 14.1. The number of Topliss-reactive ketones (excluding diaryl/α,β-unsaturated/α-hetero) is 4. The molecule has 230 valence electrons. The fraction of sp³-hybridized carbons (Fsp3) is 0.0833. The number of carbonyl (C=O) groups is 5. The summed E-state index contributed by atoms with van der Waals surface area (Å²) in [7, 11) is 0. The number of rotatable bonds is 4. The van der Waals surface area contributed by atoms with E-state index in [1.165, 1.54) is 70.1 Å². The van der Waals surface area contributed by atoms with Crippen molar-refractivity contribution in [3.63, 3.8) is 0 Å². The second-order valence-electron chi connectivity index (χ2n) is 11.6. The van der Waals surface area contributed by atoms with Gasteiger partial charge in [-0.1, -0.05) is 71.7 Å². The predicted octanol–water partition coefficient (Wildman–Crippen LogP) is 5.78. The molecule has 0 radical (unpaired) electrons. The van der Waals surface area contributed by atoms with Gasteiger partial charge in [0.1, 0.15) is 6.54 Å². The van der Waals surface area contributed by atoms with Crippen LogP contribution in [0.5, 0.6) is 0 Å². The molecule has 0 fully saturated rings. The molecule has 2 aromatic heterocycles. The first-order chi connectivity index (χ1) is 22.5. The Labute approximate surface area is 275 Å². The predicted molar refractivity (Wildman–Crippen MR) is 173 cm³/mol. The molecule has 0 saturated carbocycles. The monoisotopic (exact) mass is 662 g/mol. The van der Waals surface area contributed by atoms with Crippen LogP contribution in [-0.2, 0) is 17.7 Å². The van der Waals surface area contributed by atoms with Crippen molar-refractivity contribution in [2.75, 3.05) is 0 Å². The summed E-state index contributed by atoms with van der Waals surface area (Å²) >= 11 is 12.6. The molecule has 2 aliphatic rings. The van der Waals surface area contributed by atoms with Gasteiger partial charge in [-0.05, 0) is 36.4 Å². The summed E-state index contributed by atoms with van der Waals surface area (Å²) in [5.41, 5.74) is -4.31. The van der Waals surface area contributed by atoms with Gasteiger partial charge in [-0.15, -0.1) is 0 Å². The van der Waals surface area contributed by atoms with E-state index in [1.807, 2.05) is 0 Å². The lowest BCUT2D eigenvalue weighted by atomic mass is 9.88. The summed E-state index contributed by atoms with van der Waals surface area (Å²) in [6.07, 6.45) is 2.63. The standard InChI is InChI=1S/C36H20Cl2N2O7/c37-18-9-11-28-24(13-18)26(35(46)31(42)20-5-1-2-6-21(20)32(35)43)15-39(28)17-30(41)40-16-27(25-14-19(38)10-12-29(25)40)36(47)33(44)22-7-3-4-8-23(22)34(36)45/h1-16,46-47H,17H2. The zero-order valence-corrected chi connectivity index (χ0v) is 25.5. The van der Waals surface area contributed by atoms with Crippen molar-refractivity contribution in [1.82, 2.24) is 9.13 Å². The van der Waals surface area contributed by atoms with Crippen molar-refractivity contribution < 1.29 is 34.2 Å². The summed E-state index contributed by atoms with van der Waals surface area (Å²) in [6.45, 7) is -0.379. The molecule has 11 heteroatoms. The van der Waals surface area contributed by atoms with Crippen LogP contribution in [0, 0.1) is 0 Å². The molecule has 8 rings (SSSR count). The van der Waals surface area contributed by atoms with E-state index in [4.69, 9.17) is 23.2 Å². The third-order valence-corrected chi connectivity index (χ3v) is 9.58. The highest BCUT2D eigenvalue weighted by molar-refractivity contribution is 6.35. The molecular weight excluding hydrogens is 643 g/mol. The fourth-order valence-electron chi connectivity index (χ4n) is 6.84. The minimum atomic E-state index is -2.59. The van der Waals surface area contributed by atoms with Crippen LogP contribution in [-0.4, -0.2) is 48.4 Å². The molecule has 47 heavy (non-hydrogen) atoms. The van der Waals surface area contributed by atoms with Crippen molar-refractivity contribution in [2.24, 2.45) is 0 Å². The topological polar surface area (TPSA) is 136 Å². The third-order valence-electron chi connectivity index (χ3n) is 9.11. The van der Waals surface area contributed by atoms with Gasteiger partial charge in [-0.25, -0.2) is 0 Å². The molecule has 0 spiro atoms.